The van der Waals surface area contributed by atoms with Crippen molar-refractivity contribution in [3.8, 4) is 0 Å². The summed E-state index contributed by atoms with van der Waals surface area (Å²) in [6, 6.07) is 2.78. The van der Waals surface area contributed by atoms with Crippen LogP contribution in [-0.2, 0) is 19.9 Å². The molecule has 0 saturated heterocycles. The summed E-state index contributed by atoms with van der Waals surface area (Å²) in [5, 5.41) is 11.7. The lowest BCUT2D eigenvalue weighted by atomic mass is 9.94. The number of hydrogen-bond acceptors (Lipinski definition) is 4. The summed E-state index contributed by atoms with van der Waals surface area (Å²) in [5.74, 6) is 1.04. The van der Waals surface area contributed by atoms with E-state index in [1.807, 2.05) is 23.0 Å². The zero-order chi connectivity index (χ0) is 13.2. The molecule has 19 heavy (non-hydrogen) atoms. The molecule has 1 aliphatic rings. The summed E-state index contributed by atoms with van der Waals surface area (Å²) in [5.41, 5.74) is 1.49. The molecule has 0 radical (unpaired) electrons. The van der Waals surface area contributed by atoms with E-state index < -0.39 is 0 Å². The number of fused-ring (bicyclic) bond motifs is 1. The second-order valence-corrected chi connectivity index (χ2v) is 7.45. The van der Waals surface area contributed by atoms with Crippen LogP contribution in [-0.4, -0.2) is 21.3 Å². The number of aromatic nitrogens is 3. The maximum Gasteiger partial charge on any atom is 0.133 e. The topological polar surface area (TPSA) is 42.7 Å². The molecule has 0 aliphatic heterocycles. The van der Waals surface area contributed by atoms with Crippen LogP contribution in [0, 0.1) is 0 Å². The molecule has 1 aliphatic carbocycles. The first-order valence-electron chi connectivity index (χ1n) is 6.58. The third-order valence-corrected chi connectivity index (χ3v) is 5.34. The maximum absolute atomic E-state index is 4.11. The fourth-order valence-corrected chi connectivity index (χ4v) is 4.44. The molecule has 0 bridgehead atoms. The van der Waals surface area contributed by atoms with Gasteiger partial charge in [0.05, 0.1) is 3.79 Å². The minimum atomic E-state index is 0.500. The molecule has 1 atom stereocenters. The highest BCUT2D eigenvalue weighted by molar-refractivity contribution is 9.11. The fourth-order valence-electron chi connectivity index (χ4n) is 2.63. The zero-order valence-corrected chi connectivity index (χ0v) is 13.3. The summed E-state index contributed by atoms with van der Waals surface area (Å²) >= 11 is 5.48. The van der Waals surface area contributed by atoms with Crippen LogP contribution in [0.15, 0.2) is 16.2 Å². The molecule has 6 heteroatoms. The van der Waals surface area contributed by atoms with E-state index >= 15 is 0 Å². The van der Waals surface area contributed by atoms with Crippen LogP contribution in [0.4, 0.5) is 0 Å². The molecule has 0 aromatic carbocycles. The van der Waals surface area contributed by atoms with Crippen LogP contribution in [0.3, 0.4) is 0 Å². The van der Waals surface area contributed by atoms with Gasteiger partial charge in [-0.1, -0.05) is 0 Å². The lowest BCUT2D eigenvalue weighted by Gasteiger charge is -2.23. The second kappa shape index (κ2) is 5.73. The summed E-state index contributed by atoms with van der Waals surface area (Å²) in [7, 11) is 1.99. The normalized spacial score (nSPS) is 18.5. The number of nitrogens with one attached hydrogen (secondary N) is 1. The van der Waals surface area contributed by atoms with E-state index in [4.69, 9.17) is 0 Å². The van der Waals surface area contributed by atoms with E-state index in [-0.39, 0.29) is 0 Å². The Labute approximate surface area is 125 Å². The Hall–Kier alpha value is -0.720. The van der Waals surface area contributed by atoms with Crippen LogP contribution in [0.2, 0.25) is 0 Å². The Morgan fingerprint density at radius 1 is 1.58 bits per heavy atom. The Balaban J connectivity index is 1.60. The molecule has 0 spiro atoms. The van der Waals surface area contributed by atoms with Gasteiger partial charge >= 0.3 is 0 Å². The first-order chi connectivity index (χ1) is 9.24. The van der Waals surface area contributed by atoms with E-state index in [0.29, 0.717) is 6.04 Å². The van der Waals surface area contributed by atoms with Crippen LogP contribution in [0.25, 0.3) is 0 Å². The predicted molar refractivity (Wildman–Crippen MR) is 80.4 cm³/mol. The minimum absolute atomic E-state index is 0.500. The van der Waals surface area contributed by atoms with E-state index in [0.717, 1.165) is 18.8 Å². The van der Waals surface area contributed by atoms with Crippen molar-refractivity contribution in [2.24, 2.45) is 7.05 Å². The summed E-state index contributed by atoms with van der Waals surface area (Å²) in [4.78, 5) is 1.54. The van der Waals surface area contributed by atoms with Gasteiger partial charge in [-0.15, -0.1) is 21.5 Å². The minimum Gasteiger partial charge on any atom is -0.321 e. The third-order valence-electron chi connectivity index (χ3n) is 3.63. The van der Waals surface area contributed by atoms with Crippen molar-refractivity contribution < 1.29 is 0 Å². The number of halogens is 1. The van der Waals surface area contributed by atoms with Gasteiger partial charge in [0, 0.05) is 30.9 Å². The van der Waals surface area contributed by atoms with Crippen molar-refractivity contribution in [3.05, 3.63) is 32.4 Å². The zero-order valence-electron chi connectivity index (χ0n) is 10.9. The largest absolute Gasteiger partial charge is 0.321 e. The molecule has 0 fully saturated rings. The maximum atomic E-state index is 4.11. The molecule has 2 heterocycles. The van der Waals surface area contributed by atoms with Crippen molar-refractivity contribution in [3.63, 3.8) is 0 Å². The van der Waals surface area contributed by atoms with Gasteiger partial charge < -0.3 is 9.88 Å². The van der Waals surface area contributed by atoms with Gasteiger partial charge in [0.25, 0.3) is 0 Å². The SMILES string of the molecule is Cn1cnnc1CCNC1CCCc2sc(Br)cc21. The number of thiophene rings is 1. The van der Waals surface area contributed by atoms with Gasteiger partial charge in [0.1, 0.15) is 12.2 Å². The first kappa shape index (κ1) is 13.3. The molecular weight excluding hydrogens is 324 g/mol. The third kappa shape index (κ3) is 2.90. The van der Waals surface area contributed by atoms with Crippen LogP contribution in [0.5, 0.6) is 0 Å². The van der Waals surface area contributed by atoms with E-state index in [1.54, 1.807) is 6.33 Å². The molecular formula is C13H17BrN4S. The van der Waals surface area contributed by atoms with E-state index in [1.165, 1.54) is 33.5 Å². The van der Waals surface area contributed by atoms with Crippen molar-refractivity contribution in [1.82, 2.24) is 20.1 Å². The van der Waals surface area contributed by atoms with Crippen molar-refractivity contribution in [1.29, 1.82) is 0 Å². The highest BCUT2D eigenvalue weighted by atomic mass is 79.9. The first-order valence-corrected chi connectivity index (χ1v) is 8.19. The number of aryl methyl sites for hydroxylation is 2. The van der Waals surface area contributed by atoms with Gasteiger partial charge in [-0.3, -0.25) is 0 Å². The number of hydrogen-bond donors (Lipinski definition) is 1. The molecule has 0 amide bonds. The number of nitrogens with zero attached hydrogens (tertiary/aromatic N) is 3. The van der Waals surface area contributed by atoms with Crippen molar-refractivity contribution in [2.45, 2.75) is 31.7 Å². The monoisotopic (exact) mass is 340 g/mol. The molecule has 1 N–H and O–H groups in total. The summed E-state index contributed by atoms with van der Waals surface area (Å²) in [6.45, 7) is 0.949. The Bertz CT molecular complexity index is 563. The molecule has 2 aromatic heterocycles. The van der Waals surface area contributed by atoms with Gasteiger partial charge in [-0.2, -0.15) is 0 Å². The lowest BCUT2D eigenvalue weighted by Crippen LogP contribution is -2.26. The molecule has 3 rings (SSSR count). The van der Waals surface area contributed by atoms with E-state index in [9.17, 15) is 0 Å². The molecule has 0 saturated carbocycles. The van der Waals surface area contributed by atoms with E-state index in [2.05, 4.69) is 37.5 Å². The van der Waals surface area contributed by atoms with Crippen molar-refractivity contribution in [2.75, 3.05) is 6.54 Å². The molecule has 4 nitrogen and oxygen atoms in total. The van der Waals surface area contributed by atoms with Crippen LogP contribution < -0.4 is 5.32 Å². The predicted octanol–water partition coefficient (Wildman–Crippen LogP) is 2.85. The molecule has 102 valence electrons. The number of rotatable bonds is 4. The Kier molecular flexibility index (Phi) is 4.00. The standard InChI is InChI=1S/C13H17BrN4S/c1-18-8-16-17-13(18)5-6-15-10-3-2-4-11-9(10)7-12(14)19-11/h7-8,10,15H,2-6H2,1H3. The Morgan fingerprint density at radius 3 is 3.26 bits per heavy atom. The molecule has 2 aromatic rings. The lowest BCUT2D eigenvalue weighted by molar-refractivity contribution is 0.463. The Morgan fingerprint density at radius 2 is 2.47 bits per heavy atom. The quantitative estimate of drug-likeness (QED) is 0.930. The highest BCUT2D eigenvalue weighted by Gasteiger charge is 2.22. The molecule has 1 unspecified atom stereocenters. The van der Waals surface area contributed by atoms with Crippen LogP contribution in [0.1, 0.15) is 35.1 Å². The van der Waals surface area contributed by atoms with Gasteiger partial charge in [0.15, 0.2) is 0 Å². The van der Waals surface area contributed by atoms with Gasteiger partial charge in [-0.05, 0) is 46.8 Å². The summed E-state index contributed by atoms with van der Waals surface area (Å²) < 4.78 is 3.23. The summed E-state index contributed by atoms with van der Waals surface area (Å²) in [6.07, 6.45) is 6.42. The highest BCUT2D eigenvalue weighted by Crippen LogP contribution is 2.37. The average Bonchev–Trinajstić information content (AvgIpc) is 2.95. The fraction of sp³-hybridized carbons (Fsp3) is 0.538. The van der Waals surface area contributed by atoms with Crippen molar-refractivity contribution >= 4 is 27.3 Å². The smallest absolute Gasteiger partial charge is 0.133 e. The van der Waals surface area contributed by atoms with Crippen LogP contribution >= 0.6 is 27.3 Å². The van der Waals surface area contributed by atoms with Gasteiger partial charge in [0.2, 0.25) is 0 Å². The second-order valence-electron chi connectivity index (χ2n) is 4.94. The van der Waals surface area contributed by atoms with Gasteiger partial charge in [-0.25, -0.2) is 0 Å². The average molecular weight is 341 g/mol.